The van der Waals surface area contributed by atoms with Crippen molar-refractivity contribution >= 4 is 28.1 Å². The zero-order chi connectivity index (χ0) is 17.5. The maximum atomic E-state index is 12.9. The lowest BCUT2D eigenvalue weighted by Gasteiger charge is -2.13. The first-order valence-electron chi connectivity index (χ1n) is 7.04. The van der Waals surface area contributed by atoms with E-state index >= 15 is 0 Å². The van der Waals surface area contributed by atoms with Crippen LogP contribution in [0.4, 0.5) is 4.39 Å². The van der Waals surface area contributed by atoms with Gasteiger partial charge in [0.25, 0.3) is 0 Å². The number of hydrazone groups is 1. The molecule has 0 radical (unpaired) electrons. The smallest absolute Gasteiger partial charge is 0.236 e. The van der Waals surface area contributed by atoms with Gasteiger partial charge in [0.15, 0.2) is 11.5 Å². The Morgan fingerprint density at radius 1 is 1.33 bits per heavy atom. The molecular weight excluding hydrogens is 379 g/mol. The first-order chi connectivity index (χ1) is 11.5. The van der Waals surface area contributed by atoms with Gasteiger partial charge in [-0.05, 0) is 51.3 Å². The van der Waals surface area contributed by atoms with Crippen molar-refractivity contribution in [1.82, 2.24) is 5.43 Å². The van der Waals surface area contributed by atoms with Crippen LogP contribution in [-0.4, -0.2) is 19.2 Å². The monoisotopic (exact) mass is 394 g/mol. The highest BCUT2D eigenvalue weighted by molar-refractivity contribution is 9.10. The van der Waals surface area contributed by atoms with E-state index in [2.05, 4.69) is 26.5 Å². The number of amides is 1. The van der Waals surface area contributed by atoms with E-state index in [1.807, 2.05) is 0 Å². The Bertz CT molecular complexity index is 748. The quantitative estimate of drug-likeness (QED) is 0.600. The minimum absolute atomic E-state index is 0.253. The van der Waals surface area contributed by atoms with E-state index < -0.39 is 0 Å². The highest BCUT2D eigenvalue weighted by Gasteiger charge is 2.11. The van der Waals surface area contributed by atoms with Gasteiger partial charge >= 0.3 is 0 Å². The summed E-state index contributed by atoms with van der Waals surface area (Å²) in [6.45, 7) is 1.65. The third kappa shape index (κ3) is 5.06. The number of carbonyl (C=O) groups is 1. The molecule has 1 amide bonds. The van der Waals surface area contributed by atoms with Gasteiger partial charge in [0.05, 0.1) is 17.8 Å². The molecule has 2 rings (SSSR count). The van der Waals surface area contributed by atoms with Crippen molar-refractivity contribution in [3.05, 3.63) is 57.8 Å². The molecule has 0 aromatic heterocycles. The molecule has 0 heterocycles. The molecule has 0 spiro atoms. The Hall–Kier alpha value is -2.41. The molecule has 1 N–H and O–H groups in total. The predicted molar refractivity (Wildman–Crippen MR) is 92.8 cm³/mol. The highest BCUT2D eigenvalue weighted by atomic mass is 79.9. The van der Waals surface area contributed by atoms with Gasteiger partial charge in [-0.25, -0.2) is 9.82 Å². The number of methoxy groups -OCH3 is 1. The summed E-state index contributed by atoms with van der Waals surface area (Å²) in [7, 11) is 1.53. The van der Waals surface area contributed by atoms with E-state index in [1.54, 1.807) is 24.3 Å². The summed E-state index contributed by atoms with van der Waals surface area (Å²) in [5.74, 6) is 0.492. The molecule has 0 unspecified atom stereocenters. The topological polar surface area (TPSA) is 59.9 Å². The third-order valence-corrected chi connectivity index (χ3v) is 3.57. The van der Waals surface area contributed by atoms with Crippen LogP contribution in [0.3, 0.4) is 0 Å². The molecule has 0 saturated carbocycles. The second kappa shape index (κ2) is 8.44. The first-order valence-corrected chi connectivity index (χ1v) is 7.83. The van der Waals surface area contributed by atoms with E-state index in [4.69, 9.17) is 9.47 Å². The number of ether oxygens (including phenoxy) is 2. The summed E-state index contributed by atoms with van der Waals surface area (Å²) >= 11 is 3.43. The van der Waals surface area contributed by atoms with Crippen LogP contribution >= 0.6 is 15.9 Å². The Kier molecular flexibility index (Phi) is 6.31. The molecule has 5 nitrogen and oxygen atoms in total. The fourth-order valence-electron chi connectivity index (χ4n) is 1.89. The molecule has 7 heteroatoms. The molecule has 0 saturated heterocycles. The molecule has 0 aliphatic carbocycles. The van der Waals surface area contributed by atoms with E-state index in [9.17, 15) is 9.18 Å². The lowest BCUT2D eigenvalue weighted by molar-refractivity contribution is -0.118. The number of rotatable bonds is 6. The SMILES string of the molecule is COc1cc(/C=N\NC(C)=O)cc(Br)c1OCc1ccc(F)cc1. The number of hydrogen-bond donors (Lipinski definition) is 1. The Balaban J connectivity index is 2.15. The molecule has 0 fully saturated rings. The highest BCUT2D eigenvalue weighted by Crippen LogP contribution is 2.36. The van der Waals surface area contributed by atoms with Gasteiger partial charge in [-0.2, -0.15) is 5.10 Å². The van der Waals surface area contributed by atoms with Gasteiger partial charge in [0.1, 0.15) is 12.4 Å². The summed E-state index contributed by atoms with van der Waals surface area (Å²) in [4.78, 5) is 10.8. The van der Waals surface area contributed by atoms with Crippen molar-refractivity contribution in [1.29, 1.82) is 0 Å². The van der Waals surface area contributed by atoms with E-state index in [1.165, 1.54) is 32.4 Å². The molecule has 24 heavy (non-hydrogen) atoms. The van der Waals surface area contributed by atoms with Crippen molar-refractivity contribution in [2.45, 2.75) is 13.5 Å². The van der Waals surface area contributed by atoms with Crippen LogP contribution in [0.5, 0.6) is 11.5 Å². The zero-order valence-electron chi connectivity index (χ0n) is 13.2. The van der Waals surface area contributed by atoms with E-state index in [0.29, 0.717) is 16.0 Å². The predicted octanol–water partition coefficient (Wildman–Crippen LogP) is 3.65. The number of halogens is 2. The molecule has 2 aromatic rings. The first kappa shape index (κ1) is 17.9. The fraction of sp³-hybridized carbons (Fsp3) is 0.176. The number of nitrogens with one attached hydrogen (secondary N) is 1. The largest absolute Gasteiger partial charge is 0.493 e. The maximum Gasteiger partial charge on any atom is 0.236 e. The summed E-state index contributed by atoms with van der Waals surface area (Å²) in [6, 6.07) is 9.59. The van der Waals surface area contributed by atoms with Crippen LogP contribution < -0.4 is 14.9 Å². The van der Waals surface area contributed by atoms with E-state index in [0.717, 1.165) is 11.1 Å². The van der Waals surface area contributed by atoms with Crippen LogP contribution in [0.1, 0.15) is 18.1 Å². The van der Waals surface area contributed by atoms with Crippen molar-refractivity contribution in [2.24, 2.45) is 5.10 Å². The average molecular weight is 395 g/mol. The van der Waals surface area contributed by atoms with Gasteiger partial charge in [0.2, 0.25) is 5.91 Å². The second-order valence-corrected chi connectivity index (χ2v) is 5.73. The summed E-state index contributed by atoms with van der Waals surface area (Å²) in [6.07, 6.45) is 1.50. The number of nitrogens with zero attached hydrogens (tertiary/aromatic N) is 1. The van der Waals surface area contributed by atoms with Gasteiger partial charge in [-0.1, -0.05) is 12.1 Å². The molecule has 0 atom stereocenters. The van der Waals surface area contributed by atoms with Gasteiger partial charge in [-0.3, -0.25) is 4.79 Å². The average Bonchev–Trinajstić information content (AvgIpc) is 2.54. The Morgan fingerprint density at radius 2 is 2.04 bits per heavy atom. The molecular formula is C17H16BrFN2O3. The van der Waals surface area contributed by atoms with Crippen LogP contribution in [0.2, 0.25) is 0 Å². The molecule has 0 bridgehead atoms. The van der Waals surface area contributed by atoms with Gasteiger partial charge in [0, 0.05) is 6.92 Å². The van der Waals surface area contributed by atoms with Gasteiger partial charge < -0.3 is 9.47 Å². The standard InChI is InChI=1S/C17H16BrFN2O3/c1-11(22)21-20-9-13-7-15(18)17(16(8-13)23-2)24-10-12-3-5-14(19)6-4-12/h3-9H,10H2,1-2H3,(H,21,22)/b20-9-. The van der Waals surface area contributed by atoms with Gasteiger partial charge in [-0.15, -0.1) is 0 Å². The lowest BCUT2D eigenvalue weighted by atomic mass is 10.2. The van der Waals surface area contributed by atoms with Crippen LogP contribution in [0, 0.1) is 5.82 Å². The Morgan fingerprint density at radius 3 is 2.67 bits per heavy atom. The zero-order valence-corrected chi connectivity index (χ0v) is 14.8. The summed E-state index contributed by atoms with van der Waals surface area (Å²) < 4.78 is 24.7. The minimum Gasteiger partial charge on any atom is -0.493 e. The maximum absolute atomic E-state index is 12.9. The molecule has 0 aliphatic rings. The van der Waals surface area contributed by atoms with Crippen molar-refractivity contribution in [3.8, 4) is 11.5 Å². The van der Waals surface area contributed by atoms with Crippen LogP contribution in [-0.2, 0) is 11.4 Å². The summed E-state index contributed by atoms with van der Waals surface area (Å²) in [5.41, 5.74) is 3.89. The number of benzene rings is 2. The lowest BCUT2D eigenvalue weighted by Crippen LogP contribution is -2.12. The second-order valence-electron chi connectivity index (χ2n) is 4.88. The minimum atomic E-state index is -0.291. The van der Waals surface area contributed by atoms with Crippen LogP contribution in [0.25, 0.3) is 0 Å². The molecule has 0 aliphatic heterocycles. The number of hydrogen-bond acceptors (Lipinski definition) is 4. The Labute approximate surface area is 147 Å². The normalized spacial score (nSPS) is 10.7. The summed E-state index contributed by atoms with van der Waals surface area (Å²) in [5, 5.41) is 3.81. The van der Waals surface area contributed by atoms with Crippen molar-refractivity contribution in [2.75, 3.05) is 7.11 Å². The van der Waals surface area contributed by atoms with Crippen LogP contribution in [0.15, 0.2) is 46.0 Å². The molecule has 2 aromatic carbocycles. The molecule has 126 valence electrons. The van der Waals surface area contributed by atoms with Crippen molar-refractivity contribution < 1.29 is 18.7 Å². The van der Waals surface area contributed by atoms with Crippen molar-refractivity contribution in [3.63, 3.8) is 0 Å². The number of carbonyl (C=O) groups excluding carboxylic acids is 1. The van der Waals surface area contributed by atoms with E-state index in [-0.39, 0.29) is 18.3 Å². The fourth-order valence-corrected chi connectivity index (χ4v) is 2.46. The third-order valence-electron chi connectivity index (χ3n) is 2.98.